The van der Waals surface area contributed by atoms with E-state index in [1.54, 1.807) is 25.5 Å². The second-order valence-electron chi connectivity index (χ2n) is 13.8. The Balaban J connectivity index is 1.22. The number of aliphatic imine (C=N–C) groups is 1. The highest BCUT2D eigenvalue weighted by atomic mass is 19.3. The first kappa shape index (κ1) is 30.3. The van der Waals surface area contributed by atoms with Crippen LogP contribution in [0, 0.1) is 0 Å². The highest BCUT2D eigenvalue weighted by Gasteiger charge is 2.54. The average Bonchev–Trinajstić information content (AvgIpc) is 3.75. The van der Waals surface area contributed by atoms with Crippen LogP contribution in [0.2, 0.25) is 0 Å². The summed E-state index contributed by atoms with van der Waals surface area (Å²) in [7, 11) is 6.09. The molecule has 2 aromatic heterocycles. The largest absolute Gasteiger partial charge is 0.472 e. The minimum Gasteiger partial charge on any atom is -0.472 e. The lowest BCUT2D eigenvalue weighted by molar-refractivity contribution is -0.113. The number of benzene rings is 2. The van der Waals surface area contributed by atoms with Crippen LogP contribution in [0.4, 0.5) is 20.2 Å². The molecule has 1 atom stereocenters. The maximum absolute atomic E-state index is 14.4. The molecule has 238 valence electrons. The predicted molar refractivity (Wildman–Crippen MR) is 178 cm³/mol. The zero-order chi connectivity index (χ0) is 32.6. The van der Waals surface area contributed by atoms with Crippen LogP contribution in [-0.4, -0.2) is 47.6 Å². The minimum absolute atomic E-state index is 0.0323. The molecule has 46 heavy (non-hydrogen) atoms. The Labute approximate surface area is 267 Å². The van der Waals surface area contributed by atoms with Crippen molar-refractivity contribution in [2.75, 3.05) is 14.1 Å². The number of nitrogens with zero attached hydrogens (tertiary/aromatic N) is 3. The molecule has 0 saturated heterocycles. The van der Waals surface area contributed by atoms with Gasteiger partial charge < -0.3 is 14.3 Å². The van der Waals surface area contributed by atoms with Gasteiger partial charge in [-0.25, -0.2) is 13.3 Å². The van der Waals surface area contributed by atoms with E-state index in [4.69, 9.17) is 9.41 Å². The third kappa shape index (κ3) is 4.83. The number of rotatable bonds is 7. The summed E-state index contributed by atoms with van der Waals surface area (Å²) in [6, 6.07) is 13.5. The summed E-state index contributed by atoms with van der Waals surface area (Å²) in [6.45, 7) is 3.38. The predicted octanol–water partition coefficient (Wildman–Crippen LogP) is 8.30. The minimum atomic E-state index is -2.68. The molecule has 0 bridgehead atoms. The second kappa shape index (κ2) is 10.6. The number of fused-ring (bicyclic) bond motifs is 2. The van der Waals surface area contributed by atoms with Gasteiger partial charge in [-0.05, 0) is 92.5 Å². The van der Waals surface area contributed by atoms with E-state index in [9.17, 15) is 18.4 Å². The van der Waals surface area contributed by atoms with Gasteiger partial charge in [-0.3, -0.25) is 9.59 Å². The van der Waals surface area contributed by atoms with Crippen molar-refractivity contribution in [3.05, 3.63) is 77.3 Å². The Kier molecular flexibility index (Phi) is 6.97. The van der Waals surface area contributed by atoms with Gasteiger partial charge >= 0.3 is 0 Å². The van der Waals surface area contributed by atoms with Crippen molar-refractivity contribution < 1.29 is 22.8 Å². The standard InChI is InChI=1S/C37H38F2N4O3/c1-22(23(2)44)17-24-7-10-29-31(18-24)43(4,5)35(40-29)36(13-6-14-36)41-34(45)25-8-9-28-30(19-25)42(3)33(27-12-16-46-21-27)32(28)26-11-15-37(38,39)20-26/h7-10,12,16-19,21,26H,6,11,13-15,20H2,1-5H3/p+1/b22-17+. The van der Waals surface area contributed by atoms with E-state index in [0.717, 1.165) is 69.8 Å². The summed E-state index contributed by atoms with van der Waals surface area (Å²) in [6.07, 6.45) is 7.75. The molecule has 3 aliphatic rings. The number of hydrogen-bond acceptors (Lipinski definition) is 4. The summed E-state index contributed by atoms with van der Waals surface area (Å²) in [5, 5.41) is 4.26. The van der Waals surface area contributed by atoms with E-state index in [2.05, 4.69) is 25.5 Å². The van der Waals surface area contributed by atoms with E-state index in [1.807, 2.05) is 54.9 Å². The van der Waals surface area contributed by atoms with Gasteiger partial charge in [0, 0.05) is 48.0 Å². The summed E-state index contributed by atoms with van der Waals surface area (Å²) < 4.78 is 36.6. The molecule has 1 N–H and O–H groups in total. The number of amidine groups is 1. The lowest BCUT2D eigenvalue weighted by Gasteiger charge is -2.45. The number of furan rings is 1. The Bertz CT molecular complexity index is 1960. The first-order chi connectivity index (χ1) is 21.8. The average molecular weight is 626 g/mol. The number of carbonyl (C=O) groups is 2. The molecule has 7 nitrogen and oxygen atoms in total. The van der Waals surface area contributed by atoms with E-state index in [0.29, 0.717) is 22.0 Å². The fraction of sp³-hybridized carbons (Fsp3) is 0.378. The van der Waals surface area contributed by atoms with Crippen molar-refractivity contribution in [2.45, 2.75) is 69.8 Å². The number of hydrogen-bond donors (Lipinski definition) is 1. The van der Waals surface area contributed by atoms with Gasteiger partial charge in [-0.2, -0.15) is 4.99 Å². The summed E-state index contributed by atoms with van der Waals surface area (Å²) in [5.74, 6) is -2.24. The zero-order valence-corrected chi connectivity index (χ0v) is 26.9. The van der Waals surface area contributed by atoms with Crippen LogP contribution in [0.3, 0.4) is 0 Å². The van der Waals surface area contributed by atoms with Crippen LogP contribution in [0.5, 0.6) is 0 Å². The number of aromatic nitrogens is 1. The van der Waals surface area contributed by atoms with Crippen LogP contribution >= 0.6 is 0 Å². The van der Waals surface area contributed by atoms with E-state index >= 15 is 0 Å². The Morgan fingerprint density at radius 1 is 1.09 bits per heavy atom. The van der Waals surface area contributed by atoms with Gasteiger partial charge in [0.05, 0.1) is 32.3 Å². The van der Waals surface area contributed by atoms with Crippen LogP contribution < -0.4 is 9.80 Å². The van der Waals surface area contributed by atoms with Crippen molar-refractivity contribution in [2.24, 2.45) is 12.0 Å². The first-order valence-corrected chi connectivity index (χ1v) is 15.9. The summed E-state index contributed by atoms with van der Waals surface area (Å²) in [5.41, 5.74) is 6.80. The molecule has 2 fully saturated rings. The van der Waals surface area contributed by atoms with Gasteiger partial charge in [0.1, 0.15) is 11.2 Å². The monoisotopic (exact) mass is 625 g/mol. The lowest BCUT2D eigenvalue weighted by atomic mass is 9.74. The van der Waals surface area contributed by atoms with Crippen molar-refractivity contribution in [1.82, 2.24) is 14.4 Å². The molecule has 0 spiro atoms. The maximum atomic E-state index is 14.4. The maximum Gasteiger partial charge on any atom is 0.252 e. The highest BCUT2D eigenvalue weighted by Crippen LogP contribution is 2.50. The number of nitrogens with one attached hydrogen (secondary N) is 1. The molecule has 1 unspecified atom stereocenters. The highest BCUT2D eigenvalue weighted by molar-refractivity contribution is 6.11. The number of carbonyl (C=O) groups excluding carboxylic acids is 2. The molecule has 3 heterocycles. The van der Waals surface area contributed by atoms with Crippen molar-refractivity contribution in [1.29, 1.82) is 0 Å². The van der Waals surface area contributed by atoms with Crippen LogP contribution in [-0.2, 0) is 11.8 Å². The van der Waals surface area contributed by atoms with Crippen molar-refractivity contribution >= 4 is 45.9 Å². The van der Waals surface area contributed by atoms with Gasteiger partial charge in [0.25, 0.3) is 5.91 Å². The third-order valence-electron chi connectivity index (χ3n) is 10.4. The molecule has 9 heteroatoms. The molecule has 4 aromatic rings. The normalized spacial score (nSPS) is 21.2. The first-order valence-electron chi connectivity index (χ1n) is 15.9. The van der Waals surface area contributed by atoms with Gasteiger partial charge in [-0.1, -0.05) is 12.1 Å². The quantitative estimate of drug-likeness (QED) is 0.166. The van der Waals surface area contributed by atoms with Gasteiger partial charge in [-0.15, -0.1) is 0 Å². The fourth-order valence-corrected chi connectivity index (χ4v) is 7.71. The SMILES string of the molecule is CC(=O)/C(C)=C/c1ccc2c(c1)[N+](C)(C)C(C1(NC(=O)c3ccc4c(C5CCC(F)(F)C5)c(-c5ccoc5)n(C)c4c3)CCC1)=N2. The van der Waals surface area contributed by atoms with Crippen LogP contribution in [0.1, 0.15) is 79.8 Å². The second-order valence-corrected chi connectivity index (χ2v) is 13.8. The number of halogens is 2. The molecule has 2 saturated carbocycles. The van der Waals surface area contributed by atoms with Gasteiger partial charge in [0.2, 0.25) is 11.8 Å². The number of allylic oxidation sites excluding steroid dienone is 1. The lowest BCUT2D eigenvalue weighted by Crippen LogP contribution is -2.67. The summed E-state index contributed by atoms with van der Waals surface area (Å²) >= 11 is 0. The number of likely N-dealkylation sites (N-methyl/N-ethyl adjacent to an activating group) is 1. The van der Waals surface area contributed by atoms with Crippen molar-refractivity contribution in [3.63, 3.8) is 0 Å². The Morgan fingerprint density at radius 3 is 2.50 bits per heavy atom. The third-order valence-corrected chi connectivity index (χ3v) is 10.4. The number of quaternary nitrogens is 1. The van der Waals surface area contributed by atoms with E-state index < -0.39 is 11.5 Å². The van der Waals surface area contributed by atoms with Crippen LogP contribution in [0.15, 0.2) is 70.0 Å². The van der Waals surface area contributed by atoms with Gasteiger partial charge in [0.15, 0.2) is 11.5 Å². The molecular weight excluding hydrogens is 586 g/mol. The Hall–Kier alpha value is -4.37. The number of amides is 1. The van der Waals surface area contributed by atoms with E-state index in [-0.39, 0.29) is 30.4 Å². The molecule has 1 aliphatic heterocycles. The van der Waals surface area contributed by atoms with Crippen LogP contribution in [0.25, 0.3) is 28.2 Å². The molecule has 2 aliphatic carbocycles. The molecular formula is C37H39F2N4O3+. The number of Topliss-reactive ketones (excluding diaryl/α,β-unsaturated/α-hetero) is 1. The molecule has 1 amide bonds. The number of ketones is 1. The van der Waals surface area contributed by atoms with Crippen molar-refractivity contribution in [3.8, 4) is 11.3 Å². The summed E-state index contributed by atoms with van der Waals surface area (Å²) in [4.78, 5) is 30.9. The molecule has 7 rings (SSSR count). The van der Waals surface area contributed by atoms with E-state index in [1.165, 1.54) is 0 Å². The zero-order valence-electron chi connectivity index (χ0n) is 26.9. The molecule has 0 radical (unpaired) electrons. The number of alkyl halides is 2. The topological polar surface area (TPSA) is 76.6 Å². The smallest absolute Gasteiger partial charge is 0.252 e. The molecule has 2 aromatic carbocycles. The Morgan fingerprint density at radius 2 is 1.87 bits per heavy atom. The number of aryl methyl sites for hydroxylation is 1. The fourth-order valence-electron chi connectivity index (χ4n) is 7.71.